The van der Waals surface area contributed by atoms with E-state index in [4.69, 9.17) is 4.74 Å². The van der Waals surface area contributed by atoms with Crippen LogP contribution in [0, 0.1) is 0 Å². The van der Waals surface area contributed by atoms with E-state index in [1.807, 2.05) is 20.8 Å². The van der Waals surface area contributed by atoms with Gasteiger partial charge in [-0.05, 0) is 57.9 Å². The molecule has 0 unspecified atom stereocenters. The van der Waals surface area contributed by atoms with Gasteiger partial charge >= 0.3 is 6.03 Å². The smallest absolute Gasteiger partial charge is 0.322 e. The first-order valence-corrected chi connectivity index (χ1v) is 7.84. The van der Waals surface area contributed by atoms with Crippen LogP contribution in [-0.2, 0) is 4.79 Å². The molecule has 1 atom stereocenters. The molecular formula is C17H25N3O3. The average molecular weight is 319 g/mol. The van der Waals surface area contributed by atoms with E-state index in [0.717, 1.165) is 12.2 Å². The SMILES string of the molecule is COc1ccc(NC(=O)N2CCC[C@@H]2C(=O)NC(C)(C)C)cc1. The Labute approximate surface area is 137 Å². The first-order chi connectivity index (χ1) is 10.8. The molecule has 23 heavy (non-hydrogen) atoms. The lowest BCUT2D eigenvalue weighted by atomic mass is 10.1. The Bertz CT molecular complexity index is 563. The molecule has 126 valence electrons. The van der Waals surface area contributed by atoms with Crippen LogP contribution in [0.5, 0.6) is 5.75 Å². The number of likely N-dealkylation sites (tertiary alicyclic amines) is 1. The molecule has 1 aromatic rings. The van der Waals surface area contributed by atoms with E-state index in [0.29, 0.717) is 18.7 Å². The van der Waals surface area contributed by atoms with Crippen LogP contribution >= 0.6 is 0 Å². The number of carbonyl (C=O) groups excluding carboxylic acids is 2. The van der Waals surface area contributed by atoms with Crippen molar-refractivity contribution in [1.29, 1.82) is 0 Å². The van der Waals surface area contributed by atoms with Crippen molar-refractivity contribution in [2.24, 2.45) is 0 Å². The summed E-state index contributed by atoms with van der Waals surface area (Å²) < 4.78 is 5.09. The van der Waals surface area contributed by atoms with Gasteiger partial charge in [0, 0.05) is 17.8 Å². The fourth-order valence-corrected chi connectivity index (χ4v) is 2.60. The monoisotopic (exact) mass is 319 g/mol. The molecule has 0 saturated carbocycles. The number of methoxy groups -OCH3 is 1. The number of hydrogen-bond donors (Lipinski definition) is 2. The third-order valence-electron chi connectivity index (χ3n) is 3.66. The van der Waals surface area contributed by atoms with Gasteiger partial charge < -0.3 is 20.3 Å². The first-order valence-electron chi connectivity index (χ1n) is 7.84. The average Bonchev–Trinajstić information content (AvgIpc) is 2.96. The summed E-state index contributed by atoms with van der Waals surface area (Å²) in [6.07, 6.45) is 1.52. The van der Waals surface area contributed by atoms with Gasteiger partial charge in [0.15, 0.2) is 0 Å². The Morgan fingerprint density at radius 3 is 2.43 bits per heavy atom. The summed E-state index contributed by atoms with van der Waals surface area (Å²) in [6.45, 7) is 6.38. The van der Waals surface area contributed by atoms with Gasteiger partial charge in [-0.25, -0.2) is 4.79 Å². The zero-order valence-corrected chi connectivity index (χ0v) is 14.2. The summed E-state index contributed by atoms with van der Waals surface area (Å²) in [6, 6.07) is 6.45. The van der Waals surface area contributed by atoms with Gasteiger partial charge in [0.2, 0.25) is 5.91 Å². The van der Waals surface area contributed by atoms with Crippen molar-refractivity contribution in [3.05, 3.63) is 24.3 Å². The molecule has 2 rings (SSSR count). The highest BCUT2D eigenvalue weighted by Crippen LogP contribution is 2.21. The predicted molar refractivity (Wildman–Crippen MR) is 89.6 cm³/mol. The maximum atomic E-state index is 12.5. The number of anilines is 1. The second-order valence-corrected chi connectivity index (χ2v) is 6.75. The normalized spacial score (nSPS) is 17.7. The number of nitrogens with zero attached hydrogens (tertiary/aromatic N) is 1. The minimum Gasteiger partial charge on any atom is -0.497 e. The quantitative estimate of drug-likeness (QED) is 0.899. The molecule has 1 saturated heterocycles. The van der Waals surface area contributed by atoms with Gasteiger partial charge in [0.05, 0.1) is 7.11 Å². The molecule has 1 aliphatic rings. The van der Waals surface area contributed by atoms with Crippen molar-refractivity contribution in [2.45, 2.75) is 45.2 Å². The molecule has 0 bridgehead atoms. The van der Waals surface area contributed by atoms with E-state index >= 15 is 0 Å². The van der Waals surface area contributed by atoms with Crippen LogP contribution in [0.4, 0.5) is 10.5 Å². The Balaban J connectivity index is 2.00. The van der Waals surface area contributed by atoms with Crippen LogP contribution in [0.3, 0.4) is 0 Å². The number of hydrogen-bond acceptors (Lipinski definition) is 3. The van der Waals surface area contributed by atoms with Crippen molar-refractivity contribution in [3.8, 4) is 5.75 Å². The summed E-state index contributed by atoms with van der Waals surface area (Å²) in [5, 5.41) is 5.78. The molecule has 1 heterocycles. The lowest BCUT2D eigenvalue weighted by molar-refractivity contribution is -0.126. The first kappa shape index (κ1) is 17.1. The van der Waals surface area contributed by atoms with Gasteiger partial charge in [-0.2, -0.15) is 0 Å². The molecule has 0 spiro atoms. The zero-order chi connectivity index (χ0) is 17.0. The van der Waals surface area contributed by atoms with Crippen molar-refractivity contribution < 1.29 is 14.3 Å². The molecule has 1 aliphatic heterocycles. The molecular weight excluding hydrogens is 294 g/mol. The molecule has 6 heteroatoms. The highest BCUT2D eigenvalue weighted by atomic mass is 16.5. The summed E-state index contributed by atoms with van der Waals surface area (Å²) in [4.78, 5) is 26.4. The number of urea groups is 1. The highest BCUT2D eigenvalue weighted by Gasteiger charge is 2.35. The molecule has 0 radical (unpaired) electrons. The van der Waals surface area contributed by atoms with Crippen molar-refractivity contribution in [1.82, 2.24) is 10.2 Å². The molecule has 1 fully saturated rings. The Hall–Kier alpha value is -2.24. The Kier molecular flexibility index (Phi) is 5.13. The number of carbonyl (C=O) groups is 2. The highest BCUT2D eigenvalue weighted by molar-refractivity contribution is 5.94. The number of rotatable bonds is 3. The second-order valence-electron chi connectivity index (χ2n) is 6.75. The van der Waals surface area contributed by atoms with Crippen molar-refractivity contribution in [2.75, 3.05) is 19.0 Å². The van der Waals surface area contributed by atoms with Crippen LogP contribution < -0.4 is 15.4 Å². The van der Waals surface area contributed by atoms with Gasteiger partial charge in [0.1, 0.15) is 11.8 Å². The lowest BCUT2D eigenvalue weighted by Gasteiger charge is -2.28. The van der Waals surface area contributed by atoms with Crippen molar-refractivity contribution >= 4 is 17.6 Å². The molecule has 6 nitrogen and oxygen atoms in total. The van der Waals surface area contributed by atoms with Gasteiger partial charge in [-0.3, -0.25) is 4.79 Å². The maximum Gasteiger partial charge on any atom is 0.322 e. The Morgan fingerprint density at radius 2 is 1.87 bits per heavy atom. The summed E-state index contributed by atoms with van der Waals surface area (Å²) in [7, 11) is 1.59. The van der Waals surface area contributed by atoms with E-state index in [-0.39, 0.29) is 17.5 Å². The van der Waals surface area contributed by atoms with Crippen LogP contribution in [0.1, 0.15) is 33.6 Å². The van der Waals surface area contributed by atoms with Gasteiger partial charge in [-0.1, -0.05) is 0 Å². The topological polar surface area (TPSA) is 70.7 Å². The van der Waals surface area contributed by atoms with Crippen LogP contribution in [0.2, 0.25) is 0 Å². The van der Waals surface area contributed by atoms with E-state index in [1.165, 1.54) is 0 Å². The van der Waals surface area contributed by atoms with Crippen LogP contribution in [0.25, 0.3) is 0 Å². The van der Waals surface area contributed by atoms with Gasteiger partial charge in [-0.15, -0.1) is 0 Å². The van der Waals surface area contributed by atoms with Crippen LogP contribution in [-0.4, -0.2) is 42.1 Å². The lowest BCUT2D eigenvalue weighted by Crippen LogP contribution is -2.52. The Morgan fingerprint density at radius 1 is 1.22 bits per heavy atom. The number of ether oxygens (including phenoxy) is 1. The largest absolute Gasteiger partial charge is 0.497 e. The number of benzene rings is 1. The minimum atomic E-state index is -0.410. The molecule has 3 amide bonds. The number of amides is 3. The van der Waals surface area contributed by atoms with E-state index in [1.54, 1.807) is 36.3 Å². The molecule has 2 N–H and O–H groups in total. The number of nitrogens with one attached hydrogen (secondary N) is 2. The predicted octanol–water partition coefficient (Wildman–Crippen LogP) is 2.61. The molecule has 0 aliphatic carbocycles. The second kappa shape index (κ2) is 6.89. The summed E-state index contributed by atoms with van der Waals surface area (Å²) in [5.41, 5.74) is 0.371. The summed E-state index contributed by atoms with van der Waals surface area (Å²) in [5.74, 6) is 0.631. The van der Waals surface area contributed by atoms with E-state index < -0.39 is 6.04 Å². The third-order valence-corrected chi connectivity index (χ3v) is 3.66. The van der Waals surface area contributed by atoms with Crippen LogP contribution in [0.15, 0.2) is 24.3 Å². The minimum absolute atomic E-state index is 0.0973. The van der Waals surface area contributed by atoms with Crippen molar-refractivity contribution in [3.63, 3.8) is 0 Å². The van der Waals surface area contributed by atoms with Gasteiger partial charge in [0.25, 0.3) is 0 Å². The zero-order valence-electron chi connectivity index (χ0n) is 14.2. The fraction of sp³-hybridized carbons (Fsp3) is 0.529. The molecule has 0 aromatic heterocycles. The van der Waals surface area contributed by atoms with E-state index in [2.05, 4.69) is 10.6 Å². The summed E-state index contributed by atoms with van der Waals surface area (Å²) >= 11 is 0. The standard InChI is InChI=1S/C17H25N3O3/c1-17(2,3)19-15(21)14-6-5-11-20(14)16(22)18-12-7-9-13(23-4)10-8-12/h7-10,14H,5-6,11H2,1-4H3,(H,18,22)(H,19,21)/t14-/m1/s1. The van der Waals surface area contributed by atoms with E-state index in [9.17, 15) is 9.59 Å². The fourth-order valence-electron chi connectivity index (χ4n) is 2.60. The maximum absolute atomic E-state index is 12.5. The molecule has 1 aromatic carbocycles. The third kappa shape index (κ3) is 4.61.